The molecule has 8 nitrogen and oxygen atoms in total. The van der Waals surface area contributed by atoms with Gasteiger partial charge in [0.15, 0.2) is 18.2 Å². The molecule has 0 unspecified atom stereocenters. The predicted octanol–water partition coefficient (Wildman–Crippen LogP) is 1.19. The quantitative estimate of drug-likeness (QED) is 0.811. The SMILES string of the molecule is CC1(C)O[C@H]2O[C@H]3[C@H](OC[C@H]3OC(=O)c3ccccc3C(=O)O)[C@H]2O1. The molecule has 1 aromatic carbocycles. The third-order valence-electron chi connectivity index (χ3n) is 4.48. The number of hydrogen-bond donors (Lipinski definition) is 1. The van der Waals surface area contributed by atoms with E-state index in [1.54, 1.807) is 26.0 Å². The summed E-state index contributed by atoms with van der Waals surface area (Å²) in [5, 5.41) is 9.19. The molecule has 3 fully saturated rings. The van der Waals surface area contributed by atoms with E-state index in [1.807, 2.05) is 0 Å². The van der Waals surface area contributed by atoms with E-state index in [2.05, 4.69) is 0 Å². The van der Waals surface area contributed by atoms with Crippen molar-refractivity contribution in [2.75, 3.05) is 6.61 Å². The summed E-state index contributed by atoms with van der Waals surface area (Å²) in [4.78, 5) is 23.7. The van der Waals surface area contributed by atoms with Crippen LogP contribution in [0.1, 0.15) is 34.6 Å². The largest absolute Gasteiger partial charge is 0.478 e. The summed E-state index contributed by atoms with van der Waals surface area (Å²) in [5.41, 5.74) is -0.120. The van der Waals surface area contributed by atoms with Crippen LogP contribution in [0.4, 0.5) is 0 Å². The average Bonchev–Trinajstić information content (AvgIpc) is 3.16. The van der Waals surface area contributed by atoms with Crippen molar-refractivity contribution in [2.45, 2.75) is 50.3 Å². The van der Waals surface area contributed by atoms with E-state index in [0.29, 0.717) is 0 Å². The highest BCUT2D eigenvalue weighted by atomic mass is 16.8. The Morgan fingerprint density at radius 1 is 1.12 bits per heavy atom. The zero-order valence-corrected chi connectivity index (χ0v) is 13.7. The first-order chi connectivity index (χ1) is 11.9. The molecule has 4 rings (SSSR count). The van der Waals surface area contributed by atoms with Crippen LogP contribution in [0.25, 0.3) is 0 Å². The van der Waals surface area contributed by atoms with Gasteiger partial charge in [-0.05, 0) is 26.0 Å². The van der Waals surface area contributed by atoms with Crippen LogP contribution in [-0.4, -0.2) is 60.1 Å². The molecule has 134 valence electrons. The molecule has 0 saturated carbocycles. The predicted molar refractivity (Wildman–Crippen MR) is 81.0 cm³/mol. The molecule has 3 saturated heterocycles. The first-order valence-electron chi connectivity index (χ1n) is 8.02. The van der Waals surface area contributed by atoms with E-state index in [-0.39, 0.29) is 29.9 Å². The highest BCUT2D eigenvalue weighted by Gasteiger charge is 2.60. The smallest absolute Gasteiger partial charge is 0.339 e. The molecule has 0 aliphatic carbocycles. The summed E-state index contributed by atoms with van der Waals surface area (Å²) in [6, 6.07) is 5.90. The maximum Gasteiger partial charge on any atom is 0.339 e. The van der Waals surface area contributed by atoms with Crippen molar-refractivity contribution < 1.29 is 38.4 Å². The molecule has 1 N–H and O–H groups in total. The standard InChI is InChI=1S/C17H18O8/c1-17(2)24-13-12-11(23-16(13)25-17)10(7-21-12)22-15(20)9-6-4-3-5-8(9)14(18)19/h3-6,10-13,16H,7H2,1-2H3,(H,18,19)/t10-,11-,12+,13-,16-/m1/s1. The molecular weight excluding hydrogens is 332 g/mol. The fraction of sp³-hybridized carbons (Fsp3) is 0.529. The second-order valence-corrected chi connectivity index (χ2v) is 6.66. The van der Waals surface area contributed by atoms with Crippen LogP contribution in [0.2, 0.25) is 0 Å². The van der Waals surface area contributed by atoms with Gasteiger partial charge < -0.3 is 28.8 Å². The number of aromatic carboxylic acids is 1. The van der Waals surface area contributed by atoms with Gasteiger partial charge in [-0.2, -0.15) is 0 Å². The number of ether oxygens (including phenoxy) is 5. The van der Waals surface area contributed by atoms with Crippen molar-refractivity contribution in [3.05, 3.63) is 35.4 Å². The van der Waals surface area contributed by atoms with E-state index in [0.717, 1.165) is 0 Å². The monoisotopic (exact) mass is 350 g/mol. The first-order valence-corrected chi connectivity index (χ1v) is 8.02. The van der Waals surface area contributed by atoms with E-state index in [4.69, 9.17) is 23.7 Å². The van der Waals surface area contributed by atoms with Crippen LogP contribution in [0.5, 0.6) is 0 Å². The van der Waals surface area contributed by atoms with Crippen molar-refractivity contribution >= 4 is 11.9 Å². The molecule has 5 atom stereocenters. The van der Waals surface area contributed by atoms with Crippen LogP contribution >= 0.6 is 0 Å². The maximum absolute atomic E-state index is 12.4. The Morgan fingerprint density at radius 2 is 1.84 bits per heavy atom. The number of carboxylic acids is 1. The first kappa shape index (κ1) is 16.5. The number of esters is 1. The fourth-order valence-corrected chi connectivity index (χ4v) is 3.44. The van der Waals surface area contributed by atoms with Crippen molar-refractivity contribution in [3.8, 4) is 0 Å². The summed E-state index contributed by atoms with van der Waals surface area (Å²) >= 11 is 0. The minimum atomic E-state index is -1.19. The van der Waals surface area contributed by atoms with Gasteiger partial charge in [0.25, 0.3) is 0 Å². The van der Waals surface area contributed by atoms with Crippen molar-refractivity contribution in [3.63, 3.8) is 0 Å². The summed E-state index contributed by atoms with van der Waals surface area (Å²) < 4.78 is 28.4. The van der Waals surface area contributed by atoms with Crippen LogP contribution < -0.4 is 0 Å². The highest BCUT2D eigenvalue weighted by molar-refractivity contribution is 6.02. The lowest BCUT2D eigenvalue weighted by molar-refractivity contribution is -0.214. The molecule has 25 heavy (non-hydrogen) atoms. The number of carbonyl (C=O) groups excluding carboxylic acids is 1. The lowest BCUT2D eigenvalue weighted by Crippen LogP contribution is -2.37. The minimum absolute atomic E-state index is 0.00901. The molecule has 0 aromatic heterocycles. The summed E-state index contributed by atoms with van der Waals surface area (Å²) in [7, 11) is 0. The Balaban J connectivity index is 1.47. The molecular formula is C17H18O8. The van der Waals surface area contributed by atoms with Gasteiger partial charge in [0, 0.05) is 0 Å². The van der Waals surface area contributed by atoms with Gasteiger partial charge in [0.2, 0.25) is 0 Å². The molecule has 0 bridgehead atoms. The summed E-state index contributed by atoms with van der Waals surface area (Å²) in [5.74, 6) is -2.67. The van der Waals surface area contributed by atoms with Crippen LogP contribution in [0, 0.1) is 0 Å². The van der Waals surface area contributed by atoms with Gasteiger partial charge in [0.05, 0.1) is 17.7 Å². The van der Waals surface area contributed by atoms with Gasteiger partial charge >= 0.3 is 11.9 Å². The third kappa shape index (κ3) is 2.81. The maximum atomic E-state index is 12.4. The number of benzene rings is 1. The van der Waals surface area contributed by atoms with Crippen molar-refractivity contribution in [2.24, 2.45) is 0 Å². The molecule has 0 spiro atoms. The van der Waals surface area contributed by atoms with Gasteiger partial charge in [-0.3, -0.25) is 0 Å². The van der Waals surface area contributed by atoms with Gasteiger partial charge in [-0.25, -0.2) is 9.59 Å². The third-order valence-corrected chi connectivity index (χ3v) is 4.48. The molecule has 8 heteroatoms. The molecule has 3 aliphatic rings. The van der Waals surface area contributed by atoms with Crippen LogP contribution in [-0.2, 0) is 23.7 Å². The number of carboxylic acid groups (broad SMARTS) is 1. The van der Waals surface area contributed by atoms with Crippen molar-refractivity contribution in [1.82, 2.24) is 0 Å². The average molecular weight is 350 g/mol. The van der Waals surface area contributed by atoms with E-state index in [9.17, 15) is 14.7 Å². The fourth-order valence-electron chi connectivity index (χ4n) is 3.44. The van der Waals surface area contributed by atoms with E-state index < -0.39 is 36.2 Å². The number of carbonyl (C=O) groups is 2. The van der Waals surface area contributed by atoms with Gasteiger partial charge in [0.1, 0.15) is 18.3 Å². The zero-order chi connectivity index (χ0) is 17.8. The summed E-state index contributed by atoms with van der Waals surface area (Å²) in [6.45, 7) is 3.74. The van der Waals surface area contributed by atoms with Crippen LogP contribution in [0.3, 0.4) is 0 Å². The zero-order valence-electron chi connectivity index (χ0n) is 13.7. The lowest BCUT2D eigenvalue weighted by Gasteiger charge is -2.22. The molecule has 3 aliphatic heterocycles. The number of hydrogen-bond acceptors (Lipinski definition) is 7. The normalized spacial score (nSPS) is 35.2. The second-order valence-electron chi connectivity index (χ2n) is 6.66. The second kappa shape index (κ2) is 5.77. The Bertz CT molecular complexity index is 714. The number of fused-ring (bicyclic) bond motifs is 3. The highest BCUT2D eigenvalue weighted by Crippen LogP contribution is 2.42. The van der Waals surface area contributed by atoms with E-state index >= 15 is 0 Å². The van der Waals surface area contributed by atoms with Crippen LogP contribution in [0.15, 0.2) is 24.3 Å². The molecule has 0 radical (unpaired) electrons. The lowest BCUT2D eigenvalue weighted by atomic mass is 10.1. The number of rotatable bonds is 3. The van der Waals surface area contributed by atoms with Gasteiger partial charge in [-0.1, -0.05) is 12.1 Å². The molecule has 3 heterocycles. The Hall–Kier alpha value is -2.00. The molecule has 1 aromatic rings. The van der Waals surface area contributed by atoms with Gasteiger partial charge in [-0.15, -0.1) is 0 Å². The Labute approximate surface area is 143 Å². The minimum Gasteiger partial charge on any atom is -0.478 e. The van der Waals surface area contributed by atoms with E-state index in [1.165, 1.54) is 12.1 Å². The Kier molecular flexibility index (Phi) is 3.80. The topological polar surface area (TPSA) is 101 Å². The summed E-state index contributed by atoms with van der Waals surface area (Å²) in [6.07, 6.45) is -2.50. The molecule has 0 amide bonds. The van der Waals surface area contributed by atoms with Crippen molar-refractivity contribution in [1.29, 1.82) is 0 Å². The Morgan fingerprint density at radius 3 is 2.56 bits per heavy atom.